The van der Waals surface area contributed by atoms with Gasteiger partial charge in [-0.3, -0.25) is 4.79 Å². The average molecular weight is 201 g/mol. The van der Waals surface area contributed by atoms with Crippen molar-refractivity contribution in [3.05, 3.63) is 11.6 Å². The van der Waals surface area contributed by atoms with E-state index in [2.05, 4.69) is 5.32 Å². The summed E-state index contributed by atoms with van der Waals surface area (Å²) in [5.41, 5.74) is 0.761. The molecule has 0 rings (SSSR count). The molecule has 5 nitrogen and oxygen atoms in total. The Bertz CT molecular complexity index is 254. The second-order valence-corrected chi connectivity index (χ2v) is 3.29. The zero-order valence-corrected chi connectivity index (χ0v) is 8.44. The highest BCUT2D eigenvalue weighted by molar-refractivity contribution is 5.91. The van der Waals surface area contributed by atoms with E-state index >= 15 is 0 Å². The van der Waals surface area contributed by atoms with Crippen molar-refractivity contribution in [2.24, 2.45) is 0 Å². The molecule has 2 atom stereocenters. The molecule has 0 aromatic rings. The predicted octanol–water partition coefficient (Wildman–Crippen LogP) is -0.0972. The lowest BCUT2D eigenvalue weighted by Gasteiger charge is -2.15. The first-order valence-electron chi connectivity index (χ1n) is 4.21. The Balaban J connectivity index is 4.39. The summed E-state index contributed by atoms with van der Waals surface area (Å²) in [7, 11) is 0. The Kier molecular flexibility index (Phi) is 4.86. The van der Waals surface area contributed by atoms with Gasteiger partial charge in [0.15, 0.2) is 6.04 Å². The molecule has 3 N–H and O–H groups in total. The van der Waals surface area contributed by atoms with E-state index in [0.29, 0.717) is 0 Å². The van der Waals surface area contributed by atoms with Gasteiger partial charge in [0, 0.05) is 6.08 Å². The lowest BCUT2D eigenvalue weighted by molar-refractivity contribution is -0.144. The lowest BCUT2D eigenvalue weighted by Crippen LogP contribution is -2.47. The van der Waals surface area contributed by atoms with E-state index < -0.39 is 24.0 Å². The van der Waals surface area contributed by atoms with E-state index in [1.165, 1.54) is 13.0 Å². The number of amides is 1. The monoisotopic (exact) mass is 201 g/mol. The number of carboxylic acid groups (broad SMARTS) is 1. The Morgan fingerprint density at radius 2 is 1.86 bits per heavy atom. The molecule has 0 saturated heterocycles. The smallest absolute Gasteiger partial charge is 0.328 e. The van der Waals surface area contributed by atoms with Crippen molar-refractivity contribution in [3.63, 3.8) is 0 Å². The third kappa shape index (κ3) is 4.61. The van der Waals surface area contributed by atoms with Gasteiger partial charge in [-0.25, -0.2) is 4.79 Å². The predicted molar refractivity (Wildman–Crippen MR) is 50.7 cm³/mol. The Morgan fingerprint density at radius 3 is 2.14 bits per heavy atom. The fourth-order valence-corrected chi connectivity index (χ4v) is 0.846. The molecule has 2 unspecified atom stereocenters. The topological polar surface area (TPSA) is 86.6 Å². The van der Waals surface area contributed by atoms with Gasteiger partial charge < -0.3 is 15.5 Å². The molecule has 0 aromatic heterocycles. The minimum Gasteiger partial charge on any atom is -0.480 e. The number of hydrogen-bond acceptors (Lipinski definition) is 3. The molecule has 0 spiro atoms. The van der Waals surface area contributed by atoms with Crippen LogP contribution in [0.15, 0.2) is 11.6 Å². The van der Waals surface area contributed by atoms with Gasteiger partial charge in [0.05, 0.1) is 6.10 Å². The first-order chi connectivity index (χ1) is 6.34. The highest BCUT2D eigenvalue weighted by Gasteiger charge is 2.23. The third-order valence-corrected chi connectivity index (χ3v) is 1.47. The largest absolute Gasteiger partial charge is 0.480 e. The van der Waals surface area contributed by atoms with Gasteiger partial charge in [0.25, 0.3) is 0 Å². The normalized spacial score (nSPS) is 14.0. The lowest BCUT2D eigenvalue weighted by atomic mass is 10.2. The van der Waals surface area contributed by atoms with E-state index in [1.54, 1.807) is 13.8 Å². The second-order valence-electron chi connectivity index (χ2n) is 3.29. The van der Waals surface area contributed by atoms with Crippen LogP contribution in [0.3, 0.4) is 0 Å². The van der Waals surface area contributed by atoms with Gasteiger partial charge in [-0.05, 0) is 20.8 Å². The van der Waals surface area contributed by atoms with Crippen molar-refractivity contribution in [2.75, 3.05) is 0 Å². The minimum atomic E-state index is -1.27. The van der Waals surface area contributed by atoms with E-state index in [9.17, 15) is 9.59 Å². The standard InChI is InChI=1S/C9H15NO4/c1-5(2)4-7(12)10-8(6(3)11)9(13)14/h4,6,8,11H,1-3H3,(H,10,12)(H,13,14). The molecule has 1 amide bonds. The molecule has 0 saturated carbocycles. The highest BCUT2D eigenvalue weighted by Crippen LogP contribution is 1.95. The molecule has 0 aliphatic rings. The van der Waals surface area contributed by atoms with Crippen molar-refractivity contribution in [1.82, 2.24) is 5.32 Å². The number of rotatable bonds is 4. The zero-order chi connectivity index (χ0) is 11.3. The molecule has 0 radical (unpaired) electrons. The number of carbonyl (C=O) groups is 2. The maximum Gasteiger partial charge on any atom is 0.328 e. The minimum absolute atomic E-state index is 0.515. The molecular weight excluding hydrogens is 186 g/mol. The number of allylic oxidation sites excluding steroid dienone is 1. The van der Waals surface area contributed by atoms with Crippen molar-refractivity contribution in [1.29, 1.82) is 0 Å². The summed E-state index contributed by atoms with van der Waals surface area (Å²) in [6.45, 7) is 4.75. The van der Waals surface area contributed by atoms with Crippen LogP contribution in [0.1, 0.15) is 20.8 Å². The van der Waals surface area contributed by atoms with Crippen LogP contribution >= 0.6 is 0 Å². The Hall–Kier alpha value is -1.36. The maximum atomic E-state index is 11.1. The number of hydrogen-bond donors (Lipinski definition) is 3. The summed E-state index contributed by atoms with van der Waals surface area (Å²) in [6, 6.07) is -1.27. The number of aliphatic hydroxyl groups is 1. The van der Waals surface area contributed by atoms with Crippen LogP contribution in [0.4, 0.5) is 0 Å². The average Bonchev–Trinajstić information content (AvgIpc) is 1.97. The molecule has 0 heterocycles. The van der Waals surface area contributed by atoms with Crippen LogP contribution in [-0.2, 0) is 9.59 Å². The molecule has 0 aliphatic heterocycles. The number of carboxylic acids is 1. The summed E-state index contributed by atoms with van der Waals surface area (Å²) in [5, 5.41) is 19.9. The zero-order valence-electron chi connectivity index (χ0n) is 8.44. The number of aliphatic carboxylic acids is 1. The van der Waals surface area contributed by atoms with Crippen LogP contribution < -0.4 is 5.32 Å². The van der Waals surface area contributed by atoms with Gasteiger partial charge in [-0.2, -0.15) is 0 Å². The van der Waals surface area contributed by atoms with Crippen molar-refractivity contribution in [2.45, 2.75) is 32.9 Å². The van der Waals surface area contributed by atoms with Crippen LogP contribution in [0.25, 0.3) is 0 Å². The van der Waals surface area contributed by atoms with Crippen molar-refractivity contribution < 1.29 is 19.8 Å². The van der Waals surface area contributed by atoms with Gasteiger partial charge >= 0.3 is 5.97 Å². The summed E-state index contributed by atoms with van der Waals surface area (Å²) in [5.74, 6) is -1.77. The van der Waals surface area contributed by atoms with Crippen LogP contribution in [0.5, 0.6) is 0 Å². The number of aliphatic hydroxyl groups excluding tert-OH is 1. The molecule has 0 fully saturated rings. The number of carbonyl (C=O) groups excluding carboxylic acids is 1. The van der Waals surface area contributed by atoms with Crippen molar-refractivity contribution >= 4 is 11.9 Å². The molecule has 5 heteroatoms. The van der Waals surface area contributed by atoms with E-state index in [1.807, 2.05) is 0 Å². The summed E-state index contributed by atoms with van der Waals surface area (Å²) < 4.78 is 0. The van der Waals surface area contributed by atoms with Crippen molar-refractivity contribution in [3.8, 4) is 0 Å². The van der Waals surface area contributed by atoms with E-state index in [-0.39, 0.29) is 0 Å². The Morgan fingerprint density at radius 1 is 1.36 bits per heavy atom. The third-order valence-electron chi connectivity index (χ3n) is 1.47. The maximum absolute atomic E-state index is 11.1. The van der Waals surface area contributed by atoms with Crippen LogP contribution in [0, 0.1) is 0 Å². The van der Waals surface area contributed by atoms with Crippen LogP contribution in [0.2, 0.25) is 0 Å². The summed E-state index contributed by atoms with van der Waals surface area (Å²) >= 11 is 0. The van der Waals surface area contributed by atoms with Crippen LogP contribution in [-0.4, -0.2) is 34.2 Å². The first kappa shape index (κ1) is 12.6. The molecule has 0 aromatic carbocycles. The highest BCUT2D eigenvalue weighted by atomic mass is 16.4. The van der Waals surface area contributed by atoms with Gasteiger partial charge in [0.1, 0.15) is 0 Å². The fourth-order valence-electron chi connectivity index (χ4n) is 0.846. The number of nitrogens with one attached hydrogen (secondary N) is 1. The fraction of sp³-hybridized carbons (Fsp3) is 0.556. The quantitative estimate of drug-likeness (QED) is 0.554. The SMILES string of the molecule is CC(C)=CC(=O)NC(C(=O)O)C(C)O. The molecular formula is C9H15NO4. The van der Waals surface area contributed by atoms with Gasteiger partial charge in [-0.15, -0.1) is 0 Å². The van der Waals surface area contributed by atoms with Gasteiger partial charge in [-0.1, -0.05) is 5.57 Å². The van der Waals surface area contributed by atoms with E-state index in [0.717, 1.165) is 5.57 Å². The molecule has 80 valence electrons. The molecule has 0 aliphatic carbocycles. The molecule has 0 bridgehead atoms. The van der Waals surface area contributed by atoms with E-state index in [4.69, 9.17) is 10.2 Å². The summed E-state index contributed by atoms with van der Waals surface area (Å²) in [4.78, 5) is 21.7. The second kappa shape index (κ2) is 5.39. The van der Waals surface area contributed by atoms with Gasteiger partial charge in [0.2, 0.25) is 5.91 Å². The first-order valence-corrected chi connectivity index (χ1v) is 4.21. The summed E-state index contributed by atoms with van der Waals surface area (Å²) in [6.07, 6.45) is 0.153. The molecule has 14 heavy (non-hydrogen) atoms. The Labute approximate surface area is 82.4 Å².